The molecular formula is C10H11NO2. The van der Waals surface area contributed by atoms with Gasteiger partial charge in [-0.15, -0.1) is 0 Å². The van der Waals surface area contributed by atoms with Crippen LogP contribution in [0.5, 0.6) is 0 Å². The Labute approximate surface area is 76.4 Å². The molecule has 1 aliphatic heterocycles. The fourth-order valence-electron chi connectivity index (χ4n) is 1.68. The summed E-state index contributed by atoms with van der Waals surface area (Å²) in [6.45, 7) is 0.622. The van der Waals surface area contributed by atoms with Gasteiger partial charge in [0.1, 0.15) is 0 Å². The number of aliphatic hydroxyl groups excluding tert-OH is 1. The van der Waals surface area contributed by atoms with Gasteiger partial charge in [-0.3, -0.25) is 4.79 Å². The maximum Gasteiger partial charge on any atom is 0.251 e. The topological polar surface area (TPSA) is 49.3 Å². The predicted octanol–water partition coefficient (Wildman–Crippen LogP) is 0.465. The quantitative estimate of drug-likeness (QED) is 0.655. The van der Waals surface area contributed by atoms with E-state index in [0.29, 0.717) is 12.1 Å². The number of nitrogens with one attached hydrogen (secondary N) is 1. The lowest BCUT2D eigenvalue weighted by Gasteiger charge is -2.18. The molecule has 1 amide bonds. The Kier molecular flexibility index (Phi) is 2.02. The molecule has 3 heteroatoms. The summed E-state index contributed by atoms with van der Waals surface area (Å²) >= 11 is 0. The van der Waals surface area contributed by atoms with Gasteiger partial charge in [-0.1, -0.05) is 18.2 Å². The Morgan fingerprint density at radius 3 is 3.08 bits per heavy atom. The minimum Gasteiger partial charge on any atom is -0.392 e. The fourth-order valence-corrected chi connectivity index (χ4v) is 1.68. The summed E-state index contributed by atoms with van der Waals surface area (Å²) < 4.78 is 0. The van der Waals surface area contributed by atoms with Crippen LogP contribution in [0.3, 0.4) is 0 Å². The number of benzene rings is 1. The molecule has 2 rings (SSSR count). The Balaban J connectivity index is 2.56. The maximum absolute atomic E-state index is 11.4. The van der Waals surface area contributed by atoms with Crippen LogP contribution in [0.15, 0.2) is 18.2 Å². The van der Waals surface area contributed by atoms with E-state index < -0.39 is 0 Å². The molecule has 0 unspecified atom stereocenters. The van der Waals surface area contributed by atoms with Gasteiger partial charge >= 0.3 is 0 Å². The molecular weight excluding hydrogens is 166 g/mol. The van der Waals surface area contributed by atoms with Crippen molar-refractivity contribution in [1.82, 2.24) is 5.32 Å². The third kappa shape index (κ3) is 1.31. The van der Waals surface area contributed by atoms with E-state index in [4.69, 9.17) is 5.11 Å². The summed E-state index contributed by atoms with van der Waals surface area (Å²) in [5.41, 5.74) is 2.42. The van der Waals surface area contributed by atoms with Crippen molar-refractivity contribution in [3.8, 4) is 0 Å². The van der Waals surface area contributed by atoms with Crippen LogP contribution in [-0.2, 0) is 13.0 Å². The van der Waals surface area contributed by atoms with Gasteiger partial charge in [0.05, 0.1) is 6.61 Å². The monoisotopic (exact) mass is 177 g/mol. The molecule has 0 aromatic heterocycles. The van der Waals surface area contributed by atoms with Crippen LogP contribution in [0.25, 0.3) is 0 Å². The standard InChI is InChI=1S/C10H11NO2/c12-6-8-3-1-2-7-4-5-11-10(13)9(7)8/h1-3,12H,4-6H2,(H,11,13). The number of fused-ring (bicyclic) bond motifs is 1. The van der Waals surface area contributed by atoms with Crippen molar-refractivity contribution in [1.29, 1.82) is 0 Å². The second-order valence-corrected chi connectivity index (χ2v) is 3.12. The number of aliphatic hydroxyl groups is 1. The fraction of sp³-hybridized carbons (Fsp3) is 0.300. The van der Waals surface area contributed by atoms with Crippen molar-refractivity contribution in [3.05, 3.63) is 34.9 Å². The lowest BCUT2D eigenvalue weighted by atomic mass is 9.96. The van der Waals surface area contributed by atoms with Gasteiger partial charge in [0.25, 0.3) is 5.91 Å². The minimum atomic E-state index is -0.0728. The van der Waals surface area contributed by atoms with Gasteiger partial charge in [0, 0.05) is 12.1 Å². The van der Waals surface area contributed by atoms with Crippen molar-refractivity contribution in [2.24, 2.45) is 0 Å². The third-order valence-electron chi connectivity index (χ3n) is 2.31. The Morgan fingerprint density at radius 2 is 2.31 bits per heavy atom. The van der Waals surface area contributed by atoms with E-state index in [2.05, 4.69) is 5.32 Å². The van der Waals surface area contributed by atoms with Crippen molar-refractivity contribution in [2.75, 3.05) is 6.54 Å². The summed E-state index contributed by atoms with van der Waals surface area (Å²) in [6, 6.07) is 5.60. The Bertz CT molecular complexity index is 333. The highest BCUT2D eigenvalue weighted by Gasteiger charge is 2.18. The van der Waals surface area contributed by atoms with Gasteiger partial charge in [-0.25, -0.2) is 0 Å². The summed E-state index contributed by atoms with van der Waals surface area (Å²) in [4.78, 5) is 11.4. The van der Waals surface area contributed by atoms with Crippen LogP contribution < -0.4 is 5.32 Å². The van der Waals surface area contributed by atoms with E-state index in [1.165, 1.54) is 0 Å². The van der Waals surface area contributed by atoms with E-state index in [0.717, 1.165) is 17.5 Å². The van der Waals surface area contributed by atoms with E-state index in [9.17, 15) is 4.79 Å². The third-order valence-corrected chi connectivity index (χ3v) is 2.31. The average molecular weight is 177 g/mol. The predicted molar refractivity (Wildman–Crippen MR) is 48.4 cm³/mol. The first-order valence-electron chi connectivity index (χ1n) is 4.33. The van der Waals surface area contributed by atoms with Crippen molar-refractivity contribution < 1.29 is 9.90 Å². The minimum absolute atomic E-state index is 0.0640. The average Bonchev–Trinajstić information content (AvgIpc) is 2.17. The number of rotatable bonds is 1. The first kappa shape index (κ1) is 8.26. The van der Waals surface area contributed by atoms with E-state index in [1.807, 2.05) is 12.1 Å². The molecule has 0 saturated heterocycles. The molecule has 0 bridgehead atoms. The summed E-state index contributed by atoms with van der Waals surface area (Å²) in [5, 5.41) is 11.8. The Hall–Kier alpha value is -1.35. The highest BCUT2D eigenvalue weighted by Crippen LogP contribution is 2.18. The molecule has 1 aliphatic rings. The van der Waals surface area contributed by atoms with Crippen LogP contribution in [-0.4, -0.2) is 17.6 Å². The molecule has 3 nitrogen and oxygen atoms in total. The van der Waals surface area contributed by atoms with Crippen LogP contribution in [0.1, 0.15) is 21.5 Å². The zero-order valence-corrected chi connectivity index (χ0v) is 7.21. The number of amides is 1. The zero-order chi connectivity index (χ0) is 9.26. The summed E-state index contributed by atoms with van der Waals surface area (Å²) in [5.74, 6) is -0.0640. The summed E-state index contributed by atoms with van der Waals surface area (Å²) in [7, 11) is 0. The number of carbonyl (C=O) groups excluding carboxylic acids is 1. The lowest BCUT2D eigenvalue weighted by Crippen LogP contribution is -2.32. The molecule has 1 aromatic carbocycles. The SMILES string of the molecule is O=C1NCCc2cccc(CO)c21. The van der Waals surface area contributed by atoms with Crippen LogP contribution in [0, 0.1) is 0 Å². The first-order chi connectivity index (χ1) is 6.33. The zero-order valence-electron chi connectivity index (χ0n) is 7.21. The Morgan fingerprint density at radius 1 is 1.46 bits per heavy atom. The number of hydrogen-bond acceptors (Lipinski definition) is 2. The van der Waals surface area contributed by atoms with Crippen LogP contribution >= 0.6 is 0 Å². The molecule has 0 radical (unpaired) electrons. The van der Waals surface area contributed by atoms with Gasteiger partial charge in [0.2, 0.25) is 0 Å². The highest BCUT2D eigenvalue weighted by molar-refractivity contribution is 5.98. The molecule has 0 fully saturated rings. The normalized spacial score (nSPS) is 15.0. The summed E-state index contributed by atoms with van der Waals surface area (Å²) in [6.07, 6.45) is 0.856. The molecule has 2 N–H and O–H groups in total. The van der Waals surface area contributed by atoms with Crippen molar-refractivity contribution >= 4 is 5.91 Å². The molecule has 0 atom stereocenters. The van der Waals surface area contributed by atoms with E-state index in [1.54, 1.807) is 6.07 Å². The number of hydrogen-bond donors (Lipinski definition) is 2. The molecule has 1 heterocycles. The lowest BCUT2D eigenvalue weighted by molar-refractivity contribution is 0.0942. The van der Waals surface area contributed by atoms with E-state index in [-0.39, 0.29) is 12.5 Å². The van der Waals surface area contributed by atoms with Crippen molar-refractivity contribution in [3.63, 3.8) is 0 Å². The molecule has 1 aromatic rings. The highest BCUT2D eigenvalue weighted by atomic mass is 16.3. The van der Waals surface area contributed by atoms with Crippen molar-refractivity contribution in [2.45, 2.75) is 13.0 Å². The van der Waals surface area contributed by atoms with Crippen LogP contribution in [0.2, 0.25) is 0 Å². The molecule has 13 heavy (non-hydrogen) atoms. The largest absolute Gasteiger partial charge is 0.392 e. The second-order valence-electron chi connectivity index (χ2n) is 3.12. The molecule has 0 saturated carbocycles. The van der Waals surface area contributed by atoms with E-state index >= 15 is 0 Å². The van der Waals surface area contributed by atoms with Gasteiger partial charge in [0.15, 0.2) is 0 Å². The van der Waals surface area contributed by atoms with Gasteiger partial charge < -0.3 is 10.4 Å². The molecule has 0 spiro atoms. The van der Waals surface area contributed by atoms with Gasteiger partial charge in [-0.05, 0) is 17.5 Å². The second kappa shape index (κ2) is 3.18. The van der Waals surface area contributed by atoms with Gasteiger partial charge in [-0.2, -0.15) is 0 Å². The smallest absolute Gasteiger partial charge is 0.251 e. The van der Waals surface area contributed by atoms with Crippen LogP contribution in [0.4, 0.5) is 0 Å². The molecule has 68 valence electrons. The number of carbonyl (C=O) groups is 1. The first-order valence-corrected chi connectivity index (χ1v) is 4.33. The molecule has 0 aliphatic carbocycles. The maximum atomic E-state index is 11.4.